The third-order valence-corrected chi connectivity index (χ3v) is 5.11. The Balaban J connectivity index is 1.93. The van der Waals surface area contributed by atoms with Crippen molar-refractivity contribution < 1.29 is 9.53 Å². The third kappa shape index (κ3) is 5.12. The molecule has 0 bridgehead atoms. The lowest BCUT2D eigenvalue weighted by Crippen LogP contribution is -2.49. The number of amides is 1. The zero-order valence-corrected chi connectivity index (χ0v) is 17.0. The Bertz CT molecular complexity index is 651. The number of ether oxygens (including phenoxy) is 1. The number of rotatable bonds is 2. The fraction of sp³-hybridized carbons (Fsp3) is 0.526. The molecule has 0 unspecified atom stereocenters. The second kappa shape index (κ2) is 7.75. The van der Waals surface area contributed by atoms with Crippen molar-refractivity contribution in [2.24, 2.45) is 0 Å². The highest BCUT2D eigenvalue weighted by Crippen LogP contribution is 2.20. The summed E-state index contributed by atoms with van der Waals surface area (Å²) in [6.07, 6.45) is 5.38. The molecule has 1 aromatic rings. The summed E-state index contributed by atoms with van der Waals surface area (Å²) in [5.74, 6) is 2.76. The molecule has 1 heterocycles. The summed E-state index contributed by atoms with van der Waals surface area (Å²) in [4.78, 5) is 16.2. The monoisotopic (exact) mass is 440 g/mol. The van der Waals surface area contributed by atoms with Gasteiger partial charge in [0, 0.05) is 41.9 Å². The van der Waals surface area contributed by atoms with Crippen LogP contribution < -0.4 is 0 Å². The largest absolute Gasteiger partial charge is 0.444 e. The molecule has 0 spiro atoms. The molecule has 2 rings (SSSR count). The maximum Gasteiger partial charge on any atom is 0.410 e. The first-order valence-corrected chi connectivity index (χ1v) is 9.23. The van der Waals surface area contributed by atoms with Crippen molar-refractivity contribution in [3.05, 3.63) is 32.4 Å². The number of piperazine rings is 1. The molecule has 0 aliphatic carbocycles. The quantitative estimate of drug-likeness (QED) is 0.520. The first kappa shape index (κ1) is 19.1. The van der Waals surface area contributed by atoms with E-state index >= 15 is 0 Å². The first-order valence-electron chi connectivity index (χ1n) is 8.15. The van der Waals surface area contributed by atoms with Gasteiger partial charge in [-0.05, 0) is 73.5 Å². The summed E-state index contributed by atoms with van der Waals surface area (Å²) in [6.45, 7) is 11.7. The summed E-state index contributed by atoms with van der Waals surface area (Å²) >= 11 is 2.33. The molecule has 5 heteroatoms. The molecule has 4 nitrogen and oxygen atoms in total. The van der Waals surface area contributed by atoms with E-state index in [0.29, 0.717) is 13.1 Å². The molecule has 1 aliphatic heterocycles. The van der Waals surface area contributed by atoms with Crippen molar-refractivity contribution in [2.75, 3.05) is 26.2 Å². The van der Waals surface area contributed by atoms with Gasteiger partial charge in [0.1, 0.15) is 5.60 Å². The Morgan fingerprint density at radius 2 is 1.92 bits per heavy atom. The van der Waals surface area contributed by atoms with E-state index in [2.05, 4.69) is 52.5 Å². The van der Waals surface area contributed by atoms with E-state index in [4.69, 9.17) is 11.2 Å². The van der Waals surface area contributed by atoms with Gasteiger partial charge in [0.15, 0.2) is 0 Å². The lowest BCUT2D eigenvalue weighted by Gasteiger charge is -2.35. The van der Waals surface area contributed by atoms with Crippen molar-refractivity contribution in [1.82, 2.24) is 9.80 Å². The van der Waals surface area contributed by atoms with Crippen LogP contribution in [0.15, 0.2) is 12.1 Å². The van der Waals surface area contributed by atoms with Crippen LogP contribution in [0.1, 0.15) is 37.5 Å². The normalized spacial score (nSPS) is 15.9. The smallest absolute Gasteiger partial charge is 0.410 e. The average molecular weight is 440 g/mol. The lowest BCUT2D eigenvalue weighted by molar-refractivity contribution is 0.0139. The first-order chi connectivity index (χ1) is 11.2. The standard InChI is InChI=1S/C19H25IN2O2/c1-6-16-11-15(12-17(20)14(16)2)13-21-7-9-22(10-8-21)18(23)24-19(3,4)5/h1,11-12H,7-10,13H2,2-5H3. The second-order valence-corrected chi connectivity index (χ2v) is 8.30. The molecule has 1 fully saturated rings. The number of carbonyl (C=O) groups is 1. The number of halogens is 1. The zero-order valence-electron chi connectivity index (χ0n) is 14.9. The number of benzene rings is 1. The van der Waals surface area contributed by atoms with Crippen molar-refractivity contribution >= 4 is 28.7 Å². The number of nitrogens with zero attached hydrogens (tertiary/aromatic N) is 2. The SMILES string of the molecule is C#Cc1cc(CN2CCN(C(=O)OC(C)(C)C)CC2)cc(I)c1C. The Morgan fingerprint density at radius 3 is 2.46 bits per heavy atom. The van der Waals surface area contributed by atoms with Gasteiger partial charge in [-0.3, -0.25) is 4.90 Å². The van der Waals surface area contributed by atoms with Crippen molar-refractivity contribution in [2.45, 2.75) is 39.8 Å². The number of hydrogen-bond acceptors (Lipinski definition) is 3. The van der Waals surface area contributed by atoms with E-state index in [9.17, 15) is 4.79 Å². The number of terminal acetylenes is 1. The highest BCUT2D eigenvalue weighted by molar-refractivity contribution is 14.1. The van der Waals surface area contributed by atoms with E-state index in [1.165, 1.54) is 9.13 Å². The summed E-state index contributed by atoms with van der Waals surface area (Å²) in [5.41, 5.74) is 2.91. The molecule has 0 N–H and O–H groups in total. The van der Waals surface area contributed by atoms with Crippen LogP contribution >= 0.6 is 22.6 Å². The highest BCUT2D eigenvalue weighted by atomic mass is 127. The topological polar surface area (TPSA) is 32.8 Å². The Hall–Kier alpha value is -1.26. The van der Waals surface area contributed by atoms with E-state index < -0.39 is 5.60 Å². The molecule has 0 radical (unpaired) electrons. The minimum absolute atomic E-state index is 0.221. The van der Waals surface area contributed by atoms with Crippen LogP contribution in [-0.4, -0.2) is 47.7 Å². The summed E-state index contributed by atoms with van der Waals surface area (Å²) in [7, 11) is 0. The van der Waals surface area contributed by atoms with Crippen molar-refractivity contribution in [1.29, 1.82) is 0 Å². The molecule has 1 aliphatic rings. The summed E-state index contributed by atoms with van der Waals surface area (Å²) in [5, 5.41) is 0. The average Bonchev–Trinajstić information content (AvgIpc) is 2.49. The molecule has 0 aromatic heterocycles. The van der Waals surface area contributed by atoms with E-state index in [0.717, 1.165) is 30.8 Å². The van der Waals surface area contributed by atoms with Gasteiger partial charge in [0.05, 0.1) is 0 Å². The van der Waals surface area contributed by atoms with Crippen LogP contribution in [0.4, 0.5) is 4.79 Å². The van der Waals surface area contributed by atoms with Crippen LogP contribution in [0, 0.1) is 22.8 Å². The van der Waals surface area contributed by atoms with E-state index in [1.807, 2.05) is 20.8 Å². The predicted octanol–water partition coefficient (Wildman–Crippen LogP) is 3.63. The Labute approximate surface area is 158 Å². The maximum atomic E-state index is 12.1. The summed E-state index contributed by atoms with van der Waals surface area (Å²) in [6, 6.07) is 4.29. The zero-order chi connectivity index (χ0) is 17.9. The molecule has 0 atom stereocenters. The van der Waals surface area contributed by atoms with Gasteiger partial charge >= 0.3 is 6.09 Å². The molecule has 0 saturated carbocycles. The lowest BCUT2D eigenvalue weighted by atomic mass is 10.0. The molecule has 130 valence electrons. The number of carbonyl (C=O) groups excluding carboxylic acids is 1. The Morgan fingerprint density at radius 1 is 1.29 bits per heavy atom. The van der Waals surface area contributed by atoms with Gasteiger partial charge in [-0.25, -0.2) is 4.79 Å². The molecular weight excluding hydrogens is 415 g/mol. The van der Waals surface area contributed by atoms with Crippen molar-refractivity contribution in [3.63, 3.8) is 0 Å². The maximum absolute atomic E-state index is 12.1. The third-order valence-electron chi connectivity index (χ3n) is 3.99. The van der Waals surface area contributed by atoms with Crippen LogP contribution in [0.3, 0.4) is 0 Å². The number of hydrogen-bond donors (Lipinski definition) is 0. The van der Waals surface area contributed by atoms with Gasteiger partial charge in [0.25, 0.3) is 0 Å². The second-order valence-electron chi connectivity index (χ2n) is 7.14. The summed E-state index contributed by atoms with van der Waals surface area (Å²) < 4.78 is 6.63. The van der Waals surface area contributed by atoms with Crippen LogP contribution in [0.25, 0.3) is 0 Å². The van der Waals surface area contributed by atoms with Gasteiger partial charge in [-0.1, -0.05) is 5.92 Å². The van der Waals surface area contributed by atoms with Crippen LogP contribution in [0.5, 0.6) is 0 Å². The van der Waals surface area contributed by atoms with Crippen LogP contribution in [0.2, 0.25) is 0 Å². The van der Waals surface area contributed by atoms with Gasteiger partial charge in [-0.15, -0.1) is 6.42 Å². The molecule has 1 saturated heterocycles. The highest BCUT2D eigenvalue weighted by Gasteiger charge is 2.25. The molecule has 24 heavy (non-hydrogen) atoms. The minimum atomic E-state index is -0.446. The Kier molecular flexibility index (Phi) is 6.16. The fourth-order valence-electron chi connectivity index (χ4n) is 2.65. The van der Waals surface area contributed by atoms with E-state index in [1.54, 1.807) is 4.90 Å². The van der Waals surface area contributed by atoms with Gasteiger partial charge in [0.2, 0.25) is 0 Å². The van der Waals surface area contributed by atoms with Gasteiger partial charge in [-0.2, -0.15) is 0 Å². The molecular formula is C19H25IN2O2. The minimum Gasteiger partial charge on any atom is -0.444 e. The van der Waals surface area contributed by atoms with E-state index in [-0.39, 0.29) is 6.09 Å². The van der Waals surface area contributed by atoms with Crippen molar-refractivity contribution in [3.8, 4) is 12.3 Å². The molecule has 1 aromatic carbocycles. The van der Waals surface area contributed by atoms with Crippen LogP contribution in [-0.2, 0) is 11.3 Å². The predicted molar refractivity (Wildman–Crippen MR) is 105 cm³/mol. The molecule has 1 amide bonds. The van der Waals surface area contributed by atoms with Gasteiger partial charge < -0.3 is 9.64 Å². The fourth-order valence-corrected chi connectivity index (χ4v) is 3.34.